The molecule has 96 valence electrons. The lowest BCUT2D eigenvalue weighted by Crippen LogP contribution is -2.04. The summed E-state index contributed by atoms with van der Waals surface area (Å²) < 4.78 is 61.5. The van der Waals surface area contributed by atoms with Gasteiger partial charge in [-0.25, -0.2) is 4.21 Å². The molecule has 1 N–H and O–H groups in total. The molecule has 0 spiro atoms. The van der Waals surface area contributed by atoms with E-state index in [1.807, 2.05) is 0 Å². The van der Waals surface area contributed by atoms with Crippen LogP contribution in [0.15, 0.2) is 34.5 Å². The fourth-order valence-electron chi connectivity index (χ4n) is 1.39. The second kappa shape index (κ2) is 4.79. The summed E-state index contributed by atoms with van der Waals surface area (Å²) in [6.07, 6.45) is -4.45. The third-order valence-electron chi connectivity index (χ3n) is 2.19. The molecule has 1 unspecified atom stereocenters. The van der Waals surface area contributed by atoms with E-state index in [0.717, 1.165) is 23.7 Å². The number of alkyl halides is 3. The van der Waals surface area contributed by atoms with Crippen molar-refractivity contribution in [3.8, 4) is 11.3 Å². The molecule has 0 aliphatic heterocycles. The van der Waals surface area contributed by atoms with Crippen molar-refractivity contribution in [1.29, 1.82) is 0 Å². The van der Waals surface area contributed by atoms with Gasteiger partial charge in [-0.3, -0.25) is 0 Å². The Morgan fingerprint density at radius 1 is 1.33 bits per heavy atom. The maximum atomic E-state index is 12.5. The zero-order valence-electron chi connectivity index (χ0n) is 8.64. The first-order valence-corrected chi connectivity index (χ1v) is 6.57. The van der Waals surface area contributed by atoms with Crippen molar-refractivity contribution in [2.45, 2.75) is 11.1 Å². The largest absolute Gasteiger partial charge is 0.416 e. The standard InChI is InChI=1S/C10H6F3NO2S2/c11-10(12,13)7-3-1-2-6(4-7)9-8(18(15)16)5-17-14-9/h1-5H,(H,15,16). The molecule has 0 radical (unpaired) electrons. The lowest BCUT2D eigenvalue weighted by molar-refractivity contribution is -0.137. The SMILES string of the molecule is O=S(O)c1csnc1-c1cccc(C(F)(F)F)c1. The van der Waals surface area contributed by atoms with Gasteiger partial charge in [-0.15, -0.1) is 0 Å². The van der Waals surface area contributed by atoms with Crippen LogP contribution in [-0.4, -0.2) is 13.1 Å². The van der Waals surface area contributed by atoms with Crippen molar-refractivity contribution in [2.75, 3.05) is 0 Å². The van der Waals surface area contributed by atoms with Crippen LogP contribution in [0.2, 0.25) is 0 Å². The van der Waals surface area contributed by atoms with Crippen molar-refractivity contribution < 1.29 is 21.9 Å². The van der Waals surface area contributed by atoms with Gasteiger partial charge in [0.15, 0.2) is 11.1 Å². The van der Waals surface area contributed by atoms with Crippen molar-refractivity contribution >= 4 is 22.6 Å². The quantitative estimate of drug-likeness (QED) is 0.863. The molecule has 0 aliphatic rings. The first kappa shape index (κ1) is 13.2. The topological polar surface area (TPSA) is 50.2 Å². The van der Waals surface area contributed by atoms with Gasteiger partial charge in [0.05, 0.1) is 5.56 Å². The molecule has 2 rings (SSSR count). The molecule has 18 heavy (non-hydrogen) atoms. The van der Waals surface area contributed by atoms with Gasteiger partial charge in [0.25, 0.3) is 0 Å². The second-order valence-electron chi connectivity index (χ2n) is 3.36. The Morgan fingerprint density at radius 2 is 2.06 bits per heavy atom. The molecule has 0 saturated carbocycles. The second-order valence-corrected chi connectivity index (χ2v) is 4.92. The Balaban J connectivity index is 2.52. The number of hydrogen-bond acceptors (Lipinski definition) is 3. The highest BCUT2D eigenvalue weighted by Gasteiger charge is 2.30. The predicted octanol–water partition coefficient (Wildman–Crippen LogP) is 3.41. The van der Waals surface area contributed by atoms with Crippen LogP contribution < -0.4 is 0 Å². The van der Waals surface area contributed by atoms with E-state index < -0.39 is 22.8 Å². The number of aromatic nitrogens is 1. The Bertz CT molecular complexity index is 595. The minimum atomic E-state index is -4.45. The average molecular weight is 293 g/mol. The Kier molecular flexibility index (Phi) is 3.51. The maximum Gasteiger partial charge on any atom is 0.416 e. The predicted molar refractivity (Wildman–Crippen MR) is 61.6 cm³/mol. The van der Waals surface area contributed by atoms with Crippen LogP contribution in [0.4, 0.5) is 13.2 Å². The summed E-state index contributed by atoms with van der Waals surface area (Å²) in [5.74, 6) is 0. The number of nitrogens with zero attached hydrogens (tertiary/aromatic N) is 1. The van der Waals surface area contributed by atoms with Gasteiger partial charge in [-0.2, -0.15) is 17.5 Å². The highest BCUT2D eigenvalue weighted by Crippen LogP contribution is 2.33. The van der Waals surface area contributed by atoms with E-state index in [4.69, 9.17) is 4.55 Å². The maximum absolute atomic E-state index is 12.5. The molecule has 0 fully saturated rings. The molecule has 0 aliphatic carbocycles. The van der Waals surface area contributed by atoms with Crippen molar-refractivity contribution in [2.24, 2.45) is 0 Å². The summed E-state index contributed by atoms with van der Waals surface area (Å²) in [7, 11) is 0. The lowest BCUT2D eigenvalue weighted by Gasteiger charge is -2.07. The molecule has 0 saturated heterocycles. The number of benzene rings is 1. The van der Waals surface area contributed by atoms with Crippen LogP contribution in [0.25, 0.3) is 11.3 Å². The normalized spacial score (nSPS) is 13.6. The Morgan fingerprint density at radius 3 is 2.67 bits per heavy atom. The van der Waals surface area contributed by atoms with Gasteiger partial charge in [-0.1, -0.05) is 12.1 Å². The molecule has 1 heterocycles. The number of rotatable bonds is 2. The number of hydrogen-bond donors (Lipinski definition) is 1. The minimum absolute atomic E-state index is 0.0133. The van der Waals surface area contributed by atoms with Crippen LogP contribution in [0, 0.1) is 0 Å². The van der Waals surface area contributed by atoms with Crippen LogP contribution in [0.1, 0.15) is 5.56 Å². The summed E-state index contributed by atoms with van der Waals surface area (Å²) in [6, 6.07) is 4.50. The minimum Gasteiger partial charge on any atom is -0.302 e. The third-order valence-corrected chi connectivity index (χ3v) is 3.65. The van der Waals surface area contributed by atoms with Crippen LogP contribution in [0.3, 0.4) is 0 Å². The van der Waals surface area contributed by atoms with Crippen LogP contribution in [-0.2, 0) is 17.3 Å². The molecule has 3 nitrogen and oxygen atoms in total. The van der Waals surface area contributed by atoms with E-state index in [1.54, 1.807) is 0 Å². The molecule has 1 aromatic carbocycles. The Labute approximate surface area is 107 Å². The Hall–Kier alpha value is -1.25. The van der Waals surface area contributed by atoms with Gasteiger partial charge in [-0.05, 0) is 23.7 Å². The van der Waals surface area contributed by atoms with Gasteiger partial charge in [0.2, 0.25) is 0 Å². The molecule has 0 amide bonds. The van der Waals surface area contributed by atoms with Crippen molar-refractivity contribution in [3.05, 3.63) is 35.2 Å². The zero-order chi connectivity index (χ0) is 13.3. The zero-order valence-corrected chi connectivity index (χ0v) is 10.3. The fraction of sp³-hybridized carbons (Fsp3) is 0.100. The van der Waals surface area contributed by atoms with Crippen LogP contribution in [0.5, 0.6) is 0 Å². The molecule has 2 aromatic rings. The average Bonchev–Trinajstić information content (AvgIpc) is 2.77. The smallest absolute Gasteiger partial charge is 0.302 e. The first-order chi connectivity index (χ1) is 8.39. The summed E-state index contributed by atoms with van der Waals surface area (Å²) in [5.41, 5.74) is -0.543. The van der Waals surface area contributed by atoms with Gasteiger partial charge >= 0.3 is 6.18 Å². The first-order valence-electron chi connectivity index (χ1n) is 4.62. The molecular weight excluding hydrogens is 287 g/mol. The lowest BCUT2D eigenvalue weighted by atomic mass is 10.1. The monoisotopic (exact) mass is 293 g/mol. The summed E-state index contributed by atoms with van der Waals surface area (Å²) in [4.78, 5) is 0.0133. The van der Waals surface area contributed by atoms with E-state index in [-0.39, 0.29) is 16.2 Å². The highest BCUT2D eigenvalue weighted by molar-refractivity contribution is 7.79. The third kappa shape index (κ3) is 2.60. The van der Waals surface area contributed by atoms with E-state index in [2.05, 4.69) is 4.37 Å². The van der Waals surface area contributed by atoms with E-state index in [0.29, 0.717) is 0 Å². The fourth-order valence-corrected chi connectivity index (χ4v) is 2.80. The number of halogens is 3. The van der Waals surface area contributed by atoms with E-state index in [1.165, 1.54) is 17.5 Å². The summed E-state index contributed by atoms with van der Waals surface area (Å²) >= 11 is -1.35. The highest BCUT2D eigenvalue weighted by atomic mass is 32.2. The van der Waals surface area contributed by atoms with Gasteiger partial charge in [0, 0.05) is 10.9 Å². The van der Waals surface area contributed by atoms with Crippen molar-refractivity contribution in [1.82, 2.24) is 4.37 Å². The molecule has 0 bridgehead atoms. The van der Waals surface area contributed by atoms with Crippen molar-refractivity contribution in [3.63, 3.8) is 0 Å². The van der Waals surface area contributed by atoms with E-state index >= 15 is 0 Å². The van der Waals surface area contributed by atoms with Gasteiger partial charge in [0.1, 0.15) is 10.6 Å². The van der Waals surface area contributed by atoms with Gasteiger partial charge < -0.3 is 4.55 Å². The van der Waals surface area contributed by atoms with Crippen LogP contribution >= 0.6 is 11.5 Å². The summed E-state index contributed by atoms with van der Waals surface area (Å²) in [5, 5.41) is 1.34. The van der Waals surface area contributed by atoms with E-state index in [9.17, 15) is 17.4 Å². The summed E-state index contributed by atoms with van der Waals surface area (Å²) in [6.45, 7) is 0. The molecule has 8 heteroatoms. The molecule has 1 atom stereocenters. The molecule has 1 aromatic heterocycles. The molecular formula is C10H6F3NO2S2.